The summed E-state index contributed by atoms with van der Waals surface area (Å²) in [6.45, 7) is 2.93. The summed E-state index contributed by atoms with van der Waals surface area (Å²) in [5, 5.41) is 0. The second-order valence-corrected chi connectivity index (χ2v) is 5.91. The van der Waals surface area contributed by atoms with Crippen LogP contribution in [0.4, 0.5) is 0 Å². The fraction of sp³-hybridized carbons (Fsp3) is 0.364. The Labute approximate surface area is 101 Å². The molecule has 94 valence electrons. The third-order valence-corrected chi connectivity index (χ3v) is 3.73. The maximum atomic E-state index is 11.8. The molecule has 0 aliphatic carbocycles. The van der Waals surface area contributed by atoms with E-state index in [1.165, 1.54) is 13.8 Å². The Morgan fingerprint density at radius 2 is 1.88 bits per heavy atom. The molecule has 0 aliphatic heterocycles. The summed E-state index contributed by atoms with van der Waals surface area (Å²) in [5.74, 6) is -0.894. The second-order valence-electron chi connectivity index (χ2n) is 3.90. The highest BCUT2D eigenvalue weighted by atomic mass is 32.2. The smallest absolute Gasteiger partial charge is 0.257 e. The van der Waals surface area contributed by atoms with E-state index in [-0.39, 0.29) is 5.75 Å². The molecule has 0 bridgehead atoms. The van der Waals surface area contributed by atoms with Gasteiger partial charge in [-0.1, -0.05) is 30.3 Å². The first-order valence-corrected chi connectivity index (χ1v) is 6.84. The average molecular weight is 256 g/mol. The van der Waals surface area contributed by atoms with E-state index in [2.05, 4.69) is 0 Å². The molecule has 5 nitrogen and oxygen atoms in total. The highest BCUT2D eigenvalue weighted by Gasteiger charge is 2.32. The Bertz CT molecular complexity index is 495. The molecule has 1 amide bonds. The fourth-order valence-electron chi connectivity index (χ4n) is 1.23. The van der Waals surface area contributed by atoms with Gasteiger partial charge in [0.2, 0.25) is 10.0 Å². The van der Waals surface area contributed by atoms with Gasteiger partial charge in [0, 0.05) is 0 Å². The van der Waals surface area contributed by atoms with Crippen molar-refractivity contribution in [2.24, 2.45) is 5.73 Å². The average Bonchev–Trinajstić information content (AvgIpc) is 2.29. The van der Waals surface area contributed by atoms with Crippen molar-refractivity contribution >= 4 is 15.9 Å². The number of hydrogen-bond donors (Lipinski definition) is 2. The van der Waals surface area contributed by atoms with Crippen molar-refractivity contribution in [1.29, 1.82) is 0 Å². The van der Waals surface area contributed by atoms with Gasteiger partial charge in [0.05, 0.1) is 5.75 Å². The molecule has 1 unspecified atom stereocenters. The molecule has 3 N–H and O–H groups in total. The van der Waals surface area contributed by atoms with Gasteiger partial charge in [0.25, 0.3) is 5.91 Å². The minimum Gasteiger partial charge on any atom is -0.314 e. The first-order chi connectivity index (χ1) is 7.79. The number of nitrogens with two attached hydrogens (primary N) is 1. The van der Waals surface area contributed by atoms with E-state index in [0.717, 1.165) is 0 Å². The predicted molar refractivity (Wildman–Crippen MR) is 65.6 cm³/mol. The molecular weight excluding hydrogens is 240 g/mol. The van der Waals surface area contributed by atoms with Crippen molar-refractivity contribution in [2.75, 3.05) is 5.75 Å². The number of benzene rings is 1. The highest BCUT2D eigenvalue weighted by molar-refractivity contribution is 7.90. The van der Waals surface area contributed by atoms with E-state index in [1.807, 2.05) is 4.72 Å². The van der Waals surface area contributed by atoms with Gasteiger partial charge in [-0.3, -0.25) is 9.52 Å². The monoisotopic (exact) mass is 256 g/mol. The van der Waals surface area contributed by atoms with Crippen LogP contribution >= 0.6 is 0 Å². The minimum absolute atomic E-state index is 0.163. The normalized spacial score (nSPS) is 15.0. The molecule has 17 heavy (non-hydrogen) atoms. The SMILES string of the molecule is CCS(=O)(=O)NC(=O)C(C)(N)c1ccccc1. The standard InChI is InChI=1S/C11H16N2O3S/c1-3-17(15,16)13-10(14)11(2,12)9-7-5-4-6-8-9/h4-8H,3,12H2,1-2H3,(H,13,14). The number of rotatable bonds is 4. The summed E-state index contributed by atoms with van der Waals surface area (Å²) >= 11 is 0. The lowest BCUT2D eigenvalue weighted by molar-refractivity contribution is -0.124. The van der Waals surface area contributed by atoms with Crippen LogP contribution in [-0.2, 0) is 20.4 Å². The molecule has 0 saturated carbocycles. The van der Waals surface area contributed by atoms with Crippen molar-refractivity contribution < 1.29 is 13.2 Å². The van der Waals surface area contributed by atoms with Gasteiger partial charge in [-0.05, 0) is 19.4 Å². The van der Waals surface area contributed by atoms with Gasteiger partial charge in [0.1, 0.15) is 5.54 Å². The summed E-state index contributed by atoms with van der Waals surface area (Å²) in [6, 6.07) is 8.63. The number of sulfonamides is 1. The van der Waals surface area contributed by atoms with Crippen molar-refractivity contribution in [3.05, 3.63) is 35.9 Å². The zero-order valence-corrected chi connectivity index (χ0v) is 10.6. The summed E-state index contributed by atoms with van der Waals surface area (Å²) in [5.41, 5.74) is 5.05. The summed E-state index contributed by atoms with van der Waals surface area (Å²) in [6.07, 6.45) is 0. The van der Waals surface area contributed by atoms with E-state index in [0.29, 0.717) is 5.56 Å². The third-order valence-electron chi connectivity index (χ3n) is 2.47. The Morgan fingerprint density at radius 1 is 1.35 bits per heavy atom. The lowest BCUT2D eigenvalue weighted by atomic mass is 9.93. The summed E-state index contributed by atoms with van der Waals surface area (Å²) < 4.78 is 24.6. The maximum Gasteiger partial charge on any atom is 0.257 e. The molecule has 1 aromatic carbocycles. The highest BCUT2D eigenvalue weighted by Crippen LogP contribution is 2.17. The largest absolute Gasteiger partial charge is 0.314 e. The van der Waals surface area contributed by atoms with Gasteiger partial charge in [-0.15, -0.1) is 0 Å². The van der Waals surface area contributed by atoms with Gasteiger partial charge in [0.15, 0.2) is 0 Å². The quantitative estimate of drug-likeness (QED) is 0.812. The molecule has 0 saturated heterocycles. The summed E-state index contributed by atoms with van der Waals surface area (Å²) in [7, 11) is -3.59. The van der Waals surface area contributed by atoms with Crippen LogP contribution in [0.2, 0.25) is 0 Å². The van der Waals surface area contributed by atoms with E-state index in [4.69, 9.17) is 5.73 Å². The fourth-order valence-corrected chi connectivity index (χ4v) is 1.87. The Morgan fingerprint density at radius 3 is 2.35 bits per heavy atom. The van der Waals surface area contributed by atoms with Crippen LogP contribution in [0.3, 0.4) is 0 Å². The lowest BCUT2D eigenvalue weighted by Gasteiger charge is -2.23. The molecule has 6 heteroatoms. The van der Waals surface area contributed by atoms with Gasteiger partial charge in [-0.2, -0.15) is 0 Å². The van der Waals surface area contributed by atoms with E-state index < -0.39 is 21.5 Å². The zero-order chi connectivity index (χ0) is 13.1. The Kier molecular flexibility index (Phi) is 3.90. The van der Waals surface area contributed by atoms with Crippen LogP contribution in [0, 0.1) is 0 Å². The van der Waals surface area contributed by atoms with Crippen LogP contribution in [0.25, 0.3) is 0 Å². The molecule has 0 spiro atoms. The Balaban J connectivity index is 2.96. The second kappa shape index (κ2) is 4.85. The number of hydrogen-bond acceptors (Lipinski definition) is 4. The molecule has 0 heterocycles. The number of amides is 1. The third kappa shape index (κ3) is 3.28. The van der Waals surface area contributed by atoms with Crippen LogP contribution in [0.1, 0.15) is 19.4 Å². The number of nitrogens with one attached hydrogen (secondary N) is 1. The topological polar surface area (TPSA) is 89.3 Å². The molecule has 0 aromatic heterocycles. The van der Waals surface area contributed by atoms with Crippen LogP contribution < -0.4 is 10.5 Å². The molecule has 0 aliphatic rings. The summed E-state index contributed by atoms with van der Waals surface area (Å²) in [4.78, 5) is 11.8. The van der Waals surface area contributed by atoms with Crippen LogP contribution in [0.15, 0.2) is 30.3 Å². The molecular formula is C11H16N2O3S. The van der Waals surface area contributed by atoms with Crippen molar-refractivity contribution in [1.82, 2.24) is 4.72 Å². The molecule has 1 aromatic rings. The zero-order valence-electron chi connectivity index (χ0n) is 9.80. The minimum atomic E-state index is -3.59. The van der Waals surface area contributed by atoms with E-state index >= 15 is 0 Å². The maximum absolute atomic E-state index is 11.8. The molecule has 1 atom stereocenters. The van der Waals surface area contributed by atoms with Gasteiger partial charge in [-0.25, -0.2) is 8.42 Å². The number of carbonyl (C=O) groups is 1. The van der Waals surface area contributed by atoms with Gasteiger partial charge < -0.3 is 5.73 Å². The molecule has 0 radical (unpaired) electrons. The number of carbonyl (C=O) groups excluding carboxylic acids is 1. The van der Waals surface area contributed by atoms with E-state index in [9.17, 15) is 13.2 Å². The van der Waals surface area contributed by atoms with E-state index in [1.54, 1.807) is 30.3 Å². The molecule has 0 fully saturated rings. The lowest BCUT2D eigenvalue weighted by Crippen LogP contribution is -2.50. The Hall–Kier alpha value is -1.40. The van der Waals surface area contributed by atoms with Crippen molar-refractivity contribution in [2.45, 2.75) is 19.4 Å². The van der Waals surface area contributed by atoms with Crippen molar-refractivity contribution in [3.63, 3.8) is 0 Å². The van der Waals surface area contributed by atoms with Gasteiger partial charge >= 0.3 is 0 Å². The van der Waals surface area contributed by atoms with Crippen LogP contribution in [0.5, 0.6) is 0 Å². The molecule has 1 rings (SSSR count). The predicted octanol–water partition coefficient (Wildman–Crippen LogP) is 0.326. The first kappa shape index (κ1) is 13.7. The first-order valence-electron chi connectivity index (χ1n) is 5.19. The van der Waals surface area contributed by atoms with Crippen molar-refractivity contribution in [3.8, 4) is 0 Å². The van der Waals surface area contributed by atoms with Crippen LogP contribution in [-0.4, -0.2) is 20.1 Å².